The second-order valence-corrected chi connectivity index (χ2v) is 10.6. The number of hydrogen-bond donors (Lipinski definition) is 6. The highest BCUT2D eigenvalue weighted by Crippen LogP contribution is 2.07. The maximum absolute atomic E-state index is 13.3. The highest BCUT2D eigenvalue weighted by Gasteiger charge is 2.29. The largest absolute Gasteiger partial charge is 0.480 e. The van der Waals surface area contributed by atoms with Gasteiger partial charge in [-0.05, 0) is 37.0 Å². The van der Waals surface area contributed by atoms with E-state index in [1.165, 1.54) is 13.8 Å². The zero-order chi connectivity index (χ0) is 32.1. The molecule has 0 aliphatic rings. The Morgan fingerprint density at radius 1 is 0.545 bits per heavy atom. The normalized spacial score (nSPS) is 14.2. The number of benzene rings is 3. The highest BCUT2D eigenvalue weighted by atomic mass is 16.4. The first kappa shape index (κ1) is 33.5. The van der Waals surface area contributed by atoms with Crippen LogP contribution in [0, 0.1) is 0 Å². The van der Waals surface area contributed by atoms with Gasteiger partial charge in [0, 0.05) is 12.8 Å². The topological polar surface area (TPSA) is 180 Å². The molecule has 44 heavy (non-hydrogen) atoms. The summed E-state index contributed by atoms with van der Waals surface area (Å²) in [5, 5.41) is 19.9. The zero-order valence-electron chi connectivity index (χ0n) is 24.7. The monoisotopic (exact) mass is 601 g/mol. The molecule has 3 aromatic carbocycles. The minimum Gasteiger partial charge on any atom is -0.480 e. The lowest BCUT2D eigenvalue weighted by atomic mass is 10.0. The molecule has 5 atom stereocenters. The van der Waals surface area contributed by atoms with E-state index in [2.05, 4.69) is 21.3 Å². The van der Waals surface area contributed by atoms with Crippen LogP contribution in [-0.4, -0.2) is 64.9 Å². The third-order valence-corrected chi connectivity index (χ3v) is 6.95. The van der Waals surface area contributed by atoms with E-state index in [1.54, 1.807) is 54.6 Å². The summed E-state index contributed by atoms with van der Waals surface area (Å²) in [6.45, 7) is 2.90. The van der Waals surface area contributed by atoms with Crippen molar-refractivity contribution in [3.63, 3.8) is 0 Å². The van der Waals surface area contributed by atoms with E-state index in [0.29, 0.717) is 0 Å². The third kappa shape index (κ3) is 10.7. The number of carboxylic acid groups (broad SMARTS) is 1. The van der Waals surface area contributed by atoms with Crippen LogP contribution in [0.3, 0.4) is 0 Å². The van der Waals surface area contributed by atoms with Gasteiger partial charge >= 0.3 is 5.97 Å². The molecule has 3 aromatic rings. The van der Waals surface area contributed by atoms with Crippen molar-refractivity contribution < 1.29 is 29.1 Å². The van der Waals surface area contributed by atoms with Gasteiger partial charge in [-0.15, -0.1) is 0 Å². The van der Waals surface area contributed by atoms with Crippen LogP contribution in [0.4, 0.5) is 0 Å². The van der Waals surface area contributed by atoms with Crippen LogP contribution in [0.25, 0.3) is 0 Å². The molecule has 11 heteroatoms. The Morgan fingerprint density at radius 3 is 1.34 bits per heavy atom. The first-order chi connectivity index (χ1) is 21.0. The van der Waals surface area contributed by atoms with Gasteiger partial charge in [-0.25, -0.2) is 4.79 Å². The molecule has 5 unspecified atom stereocenters. The van der Waals surface area contributed by atoms with E-state index in [1.807, 2.05) is 36.4 Å². The van der Waals surface area contributed by atoms with Crippen LogP contribution in [0.1, 0.15) is 30.5 Å². The van der Waals surface area contributed by atoms with Crippen molar-refractivity contribution in [3.05, 3.63) is 108 Å². The van der Waals surface area contributed by atoms with Gasteiger partial charge in [0.15, 0.2) is 0 Å². The molecule has 0 aromatic heterocycles. The average Bonchev–Trinajstić information content (AvgIpc) is 3.01. The molecule has 0 bridgehead atoms. The van der Waals surface area contributed by atoms with Crippen LogP contribution in [0.15, 0.2) is 91.0 Å². The van der Waals surface area contributed by atoms with Gasteiger partial charge in [0.2, 0.25) is 23.6 Å². The Balaban J connectivity index is 1.63. The molecule has 0 spiro atoms. The fourth-order valence-corrected chi connectivity index (χ4v) is 4.43. The minimum atomic E-state index is -1.21. The average molecular weight is 602 g/mol. The van der Waals surface area contributed by atoms with Gasteiger partial charge in [-0.2, -0.15) is 0 Å². The molecule has 0 fully saturated rings. The van der Waals surface area contributed by atoms with Gasteiger partial charge in [0.05, 0.1) is 6.04 Å². The van der Waals surface area contributed by atoms with Gasteiger partial charge in [-0.3, -0.25) is 19.2 Å². The van der Waals surface area contributed by atoms with Crippen LogP contribution in [0.2, 0.25) is 0 Å². The molecule has 3 rings (SSSR count). The molecular weight excluding hydrogens is 562 g/mol. The van der Waals surface area contributed by atoms with E-state index in [0.717, 1.165) is 16.7 Å². The number of nitrogens with one attached hydrogen (secondary N) is 4. The summed E-state index contributed by atoms with van der Waals surface area (Å²) in [5.74, 6) is -3.70. The SMILES string of the molecule is CC(NC(=O)C(N)Cc1ccccc1)C(=O)NC(Cc1ccccc1)C(=O)NC(C)C(=O)NC(Cc1ccccc1)C(=O)O. The summed E-state index contributed by atoms with van der Waals surface area (Å²) in [6, 6.07) is 21.8. The number of amides is 4. The predicted molar refractivity (Wildman–Crippen MR) is 165 cm³/mol. The Kier molecular flexibility index (Phi) is 12.6. The quantitative estimate of drug-likeness (QED) is 0.151. The summed E-state index contributed by atoms with van der Waals surface area (Å²) < 4.78 is 0. The summed E-state index contributed by atoms with van der Waals surface area (Å²) >= 11 is 0. The summed E-state index contributed by atoms with van der Waals surface area (Å²) in [7, 11) is 0. The van der Waals surface area contributed by atoms with Crippen molar-refractivity contribution in [2.75, 3.05) is 0 Å². The number of hydrogen-bond acceptors (Lipinski definition) is 6. The third-order valence-electron chi connectivity index (χ3n) is 6.95. The number of carbonyl (C=O) groups is 5. The van der Waals surface area contributed by atoms with Gasteiger partial charge < -0.3 is 32.1 Å². The minimum absolute atomic E-state index is 0.0634. The molecule has 0 heterocycles. The standard InChI is InChI=1S/C33H39N5O6/c1-21(35-31(41)26(34)18-23-12-6-3-7-13-23)29(39)37-27(19-24-14-8-4-9-15-24)32(42)36-22(2)30(40)38-28(33(43)44)20-25-16-10-5-11-17-25/h3-17,21-22,26-28H,18-20,34H2,1-2H3,(H,35,41)(H,36,42)(H,37,39)(H,38,40)(H,43,44). The Hall–Kier alpha value is -5.03. The molecule has 0 aliphatic carbocycles. The van der Waals surface area contributed by atoms with E-state index >= 15 is 0 Å². The molecule has 7 N–H and O–H groups in total. The molecule has 0 radical (unpaired) electrons. The van der Waals surface area contributed by atoms with E-state index in [9.17, 15) is 29.1 Å². The van der Waals surface area contributed by atoms with Crippen molar-refractivity contribution >= 4 is 29.6 Å². The summed E-state index contributed by atoms with van der Waals surface area (Å²) in [5.41, 5.74) is 8.40. The first-order valence-corrected chi connectivity index (χ1v) is 14.3. The van der Waals surface area contributed by atoms with E-state index in [4.69, 9.17) is 5.73 Å². The number of carboxylic acids is 1. The highest BCUT2D eigenvalue weighted by molar-refractivity contribution is 5.95. The smallest absolute Gasteiger partial charge is 0.326 e. The van der Waals surface area contributed by atoms with Gasteiger partial charge in [0.1, 0.15) is 24.2 Å². The van der Waals surface area contributed by atoms with Gasteiger partial charge in [0.25, 0.3) is 0 Å². The molecule has 0 aliphatic heterocycles. The predicted octanol–water partition coefficient (Wildman–Crippen LogP) is 1.11. The van der Waals surface area contributed by atoms with Crippen molar-refractivity contribution in [2.24, 2.45) is 5.73 Å². The maximum Gasteiger partial charge on any atom is 0.326 e. The lowest BCUT2D eigenvalue weighted by Gasteiger charge is -2.24. The molecule has 4 amide bonds. The number of nitrogens with two attached hydrogens (primary N) is 1. The Labute approximate surface area is 256 Å². The maximum atomic E-state index is 13.3. The molecular formula is C33H39N5O6. The lowest BCUT2D eigenvalue weighted by Crippen LogP contribution is -2.58. The van der Waals surface area contributed by atoms with Crippen LogP contribution < -0.4 is 27.0 Å². The molecule has 0 saturated carbocycles. The fourth-order valence-electron chi connectivity index (χ4n) is 4.43. The van der Waals surface area contributed by atoms with Crippen molar-refractivity contribution in [3.8, 4) is 0 Å². The second-order valence-electron chi connectivity index (χ2n) is 10.6. The first-order valence-electron chi connectivity index (χ1n) is 14.3. The fraction of sp³-hybridized carbons (Fsp3) is 0.303. The number of carbonyl (C=O) groups excluding carboxylic acids is 4. The lowest BCUT2D eigenvalue weighted by molar-refractivity contribution is -0.142. The van der Waals surface area contributed by atoms with Crippen molar-refractivity contribution in [1.82, 2.24) is 21.3 Å². The van der Waals surface area contributed by atoms with Gasteiger partial charge in [-0.1, -0.05) is 91.0 Å². The zero-order valence-corrected chi connectivity index (χ0v) is 24.7. The van der Waals surface area contributed by atoms with Crippen LogP contribution >= 0.6 is 0 Å². The Bertz CT molecular complexity index is 1400. The van der Waals surface area contributed by atoms with Crippen LogP contribution in [0.5, 0.6) is 0 Å². The van der Waals surface area contributed by atoms with E-state index < -0.39 is 59.8 Å². The number of aliphatic carboxylic acids is 1. The van der Waals surface area contributed by atoms with E-state index in [-0.39, 0.29) is 19.3 Å². The summed E-state index contributed by atoms with van der Waals surface area (Å²) in [6.07, 6.45) is 0.453. The molecule has 0 saturated heterocycles. The molecule has 11 nitrogen and oxygen atoms in total. The van der Waals surface area contributed by atoms with Crippen LogP contribution in [-0.2, 0) is 43.2 Å². The Morgan fingerprint density at radius 2 is 0.909 bits per heavy atom. The number of rotatable bonds is 15. The summed E-state index contributed by atoms with van der Waals surface area (Å²) in [4.78, 5) is 63.8. The van der Waals surface area contributed by atoms with Crippen molar-refractivity contribution in [2.45, 2.75) is 63.3 Å². The second kappa shape index (κ2) is 16.6. The van der Waals surface area contributed by atoms with Crippen molar-refractivity contribution in [1.29, 1.82) is 0 Å². The molecule has 232 valence electrons.